The Morgan fingerprint density at radius 2 is 1.75 bits per heavy atom. The van der Waals surface area contributed by atoms with Crippen LogP contribution < -0.4 is 9.64 Å². The highest BCUT2D eigenvalue weighted by Gasteiger charge is 2.29. The van der Waals surface area contributed by atoms with Crippen molar-refractivity contribution in [2.45, 2.75) is 46.5 Å². The standard InChI is InChI=1S/C28H31F2N3O3/c1-18-21(15-26(34)35)27(33-12-10-28(2,3)11-13-33)22(17-31-18)25-8-7-19(16-32-25)36-14-9-20-23(29)5-4-6-24(20)30/h4-8,16-17H,9-15H2,1-3H3,(H,34,35). The van der Waals surface area contributed by atoms with Crippen LogP contribution in [0.2, 0.25) is 0 Å². The zero-order valence-corrected chi connectivity index (χ0v) is 20.9. The maximum Gasteiger partial charge on any atom is 0.307 e. The van der Waals surface area contributed by atoms with Crippen LogP contribution in [0.15, 0.2) is 42.7 Å². The molecule has 6 nitrogen and oxygen atoms in total. The van der Waals surface area contributed by atoms with E-state index in [0.29, 0.717) is 22.7 Å². The molecule has 0 aliphatic carbocycles. The lowest BCUT2D eigenvalue weighted by molar-refractivity contribution is -0.136. The summed E-state index contributed by atoms with van der Waals surface area (Å²) in [6.45, 7) is 8.09. The Morgan fingerprint density at radius 3 is 2.36 bits per heavy atom. The first kappa shape index (κ1) is 25.5. The first-order valence-corrected chi connectivity index (χ1v) is 12.1. The zero-order valence-electron chi connectivity index (χ0n) is 20.9. The number of nitrogens with zero attached hydrogens (tertiary/aromatic N) is 3. The number of carboxylic acid groups (broad SMARTS) is 1. The number of hydrogen-bond acceptors (Lipinski definition) is 5. The van der Waals surface area contributed by atoms with Gasteiger partial charge in [-0.05, 0) is 49.4 Å². The van der Waals surface area contributed by atoms with Gasteiger partial charge in [-0.2, -0.15) is 0 Å². The molecule has 1 aliphatic heterocycles. The lowest BCUT2D eigenvalue weighted by Gasteiger charge is -2.40. The molecule has 1 saturated heterocycles. The van der Waals surface area contributed by atoms with E-state index in [9.17, 15) is 18.7 Å². The minimum Gasteiger partial charge on any atom is -0.492 e. The summed E-state index contributed by atoms with van der Waals surface area (Å²) in [6.07, 6.45) is 5.30. The second-order valence-electron chi connectivity index (χ2n) is 9.98. The molecule has 3 aromatic rings. The summed E-state index contributed by atoms with van der Waals surface area (Å²) in [5.41, 5.74) is 3.94. The number of aryl methyl sites for hydroxylation is 1. The van der Waals surface area contributed by atoms with Gasteiger partial charge in [0.25, 0.3) is 0 Å². The number of pyridine rings is 2. The average molecular weight is 496 g/mol. The molecule has 1 aromatic carbocycles. The molecule has 3 heterocycles. The smallest absolute Gasteiger partial charge is 0.307 e. The highest BCUT2D eigenvalue weighted by molar-refractivity contribution is 5.83. The number of rotatable bonds is 8. The number of benzene rings is 1. The third kappa shape index (κ3) is 5.80. The van der Waals surface area contributed by atoms with Gasteiger partial charge in [-0.25, -0.2) is 8.78 Å². The Hall–Kier alpha value is -3.55. The number of ether oxygens (including phenoxy) is 1. The summed E-state index contributed by atoms with van der Waals surface area (Å²) in [5, 5.41) is 9.57. The number of carboxylic acids is 1. The number of aromatic nitrogens is 2. The van der Waals surface area contributed by atoms with E-state index in [-0.39, 0.29) is 30.4 Å². The second kappa shape index (κ2) is 10.6. The van der Waals surface area contributed by atoms with Gasteiger partial charge in [-0.15, -0.1) is 0 Å². The second-order valence-corrected chi connectivity index (χ2v) is 9.98. The highest BCUT2D eigenvalue weighted by atomic mass is 19.1. The predicted molar refractivity (Wildman–Crippen MR) is 134 cm³/mol. The zero-order chi connectivity index (χ0) is 25.9. The number of anilines is 1. The summed E-state index contributed by atoms with van der Waals surface area (Å²) < 4.78 is 33.3. The van der Waals surface area contributed by atoms with E-state index in [4.69, 9.17) is 4.74 Å². The molecular formula is C28H31F2N3O3. The molecule has 2 aromatic heterocycles. The molecule has 0 amide bonds. The first-order chi connectivity index (χ1) is 17.1. The predicted octanol–water partition coefficient (Wildman–Crippen LogP) is 5.61. The van der Waals surface area contributed by atoms with Crippen molar-refractivity contribution in [3.05, 3.63) is 71.2 Å². The summed E-state index contributed by atoms with van der Waals surface area (Å²) in [7, 11) is 0. The molecule has 0 spiro atoms. The van der Waals surface area contributed by atoms with Gasteiger partial charge >= 0.3 is 5.97 Å². The van der Waals surface area contributed by atoms with Crippen LogP contribution in [0.5, 0.6) is 5.75 Å². The minimum absolute atomic E-state index is 0.00637. The fourth-order valence-corrected chi connectivity index (χ4v) is 4.55. The lowest BCUT2D eigenvalue weighted by atomic mass is 9.82. The fraction of sp³-hybridized carbons (Fsp3) is 0.393. The van der Waals surface area contributed by atoms with Crippen molar-refractivity contribution in [2.75, 3.05) is 24.6 Å². The molecule has 36 heavy (non-hydrogen) atoms. The van der Waals surface area contributed by atoms with Crippen molar-refractivity contribution in [3.63, 3.8) is 0 Å². The molecule has 0 saturated carbocycles. The van der Waals surface area contributed by atoms with Gasteiger partial charge in [0.15, 0.2) is 0 Å². The Bertz CT molecular complexity index is 1220. The SMILES string of the molecule is Cc1ncc(-c2ccc(OCCc3c(F)cccc3F)cn2)c(N2CCC(C)(C)CC2)c1CC(=O)O. The first-order valence-electron chi connectivity index (χ1n) is 12.1. The van der Waals surface area contributed by atoms with Crippen molar-refractivity contribution in [1.82, 2.24) is 9.97 Å². The Morgan fingerprint density at radius 1 is 1.06 bits per heavy atom. The largest absolute Gasteiger partial charge is 0.492 e. The van der Waals surface area contributed by atoms with Gasteiger partial charge in [0.1, 0.15) is 17.4 Å². The third-order valence-electron chi connectivity index (χ3n) is 6.82. The van der Waals surface area contributed by atoms with Gasteiger partial charge in [0, 0.05) is 48.1 Å². The molecule has 190 valence electrons. The van der Waals surface area contributed by atoms with Crippen LogP contribution in [0, 0.1) is 24.0 Å². The molecule has 1 N–H and O–H groups in total. The maximum absolute atomic E-state index is 13.8. The summed E-state index contributed by atoms with van der Waals surface area (Å²) in [6, 6.07) is 7.33. The van der Waals surface area contributed by atoms with Crippen LogP contribution in [0.4, 0.5) is 14.5 Å². The molecule has 1 aliphatic rings. The van der Waals surface area contributed by atoms with Gasteiger partial charge in [-0.3, -0.25) is 14.8 Å². The van der Waals surface area contributed by atoms with Gasteiger partial charge in [0.05, 0.1) is 30.6 Å². The Labute approximate surface area is 210 Å². The third-order valence-corrected chi connectivity index (χ3v) is 6.82. The molecular weight excluding hydrogens is 464 g/mol. The lowest BCUT2D eigenvalue weighted by Crippen LogP contribution is -2.38. The molecule has 0 atom stereocenters. The van der Waals surface area contributed by atoms with E-state index in [1.165, 1.54) is 18.2 Å². The molecule has 0 unspecified atom stereocenters. The summed E-state index contributed by atoms with van der Waals surface area (Å²) in [5.74, 6) is -1.62. The van der Waals surface area contributed by atoms with E-state index < -0.39 is 17.6 Å². The van der Waals surface area contributed by atoms with Crippen LogP contribution in [0.25, 0.3) is 11.3 Å². The Balaban J connectivity index is 1.57. The van der Waals surface area contributed by atoms with Crippen molar-refractivity contribution in [1.29, 1.82) is 0 Å². The van der Waals surface area contributed by atoms with Gasteiger partial charge in [0.2, 0.25) is 0 Å². The van der Waals surface area contributed by atoms with Gasteiger partial charge < -0.3 is 14.7 Å². The molecule has 0 bridgehead atoms. The van der Waals surface area contributed by atoms with Crippen molar-refractivity contribution < 1.29 is 23.4 Å². The number of halogens is 2. The molecule has 8 heteroatoms. The van der Waals surface area contributed by atoms with Crippen molar-refractivity contribution >= 4 is 11.7 Å². The number of carbonyl (C=O) groups is 1. The fourth-order valence-electron chi connectivity index (χ4n) is 4.55. The van der Waals surface area contributed by atoms with E-state index in [2.05, 4.69) is 28.7 Å². The quantitative estimate of drug-likeness (QED) is 0.438. The van der Waals surface area contributed by atoms with E-state index >= 15 is 0 Å². The van der Waals surface area contributed by atoms with E-state index in [1.54, 1.807) is 24.5 Å². The molecule has 1 fully saturated rings. The van der Waals surface area contributed by atoms with Crippen LogP contribution >= 0.6 is 0 Å². The average Bonchev–Trinajstić information content (AvgIpc) is 2.83. The normalized spacial score (nSPS) is 15.1. The van der Waals surface area contributed by atoms with Crippen LogP contribution in [-0.2, 0) is 17.6 Å². The van der Waals surface area contributed by atoms with E-state index in [0.717, 1.165) is 37.2 Å². The number of piperidine rings is 1. The topological polar surface area (TPSA) is 75.6 Å². The van der Waals surface area contributed by atoms with Crippen molar-refractivity contribution in [2.24, 2.45) is 5.41 Å². The number of aliphatic carboxylic acids is 1. The van der Waals surface area contributed by atoms with Crippen LogP contribution in [-0.4, -0.2) is 40.7 Å². The Kier molecular flexibility index (Phi) is 7.52. The highest BCUT2D eigenvalue weighted by Crippen LogP contribution is 2.39. The molecule has 0 radical (unpaired) electrons. The minimum atomic E-state index is -0.904. The molecule has 4 rings (SSSR count). The van der Waals surface area contributed by atoms with Crippen molar-refractivity contribution in [3.8, 4) is 17.0 Å². The summed E-state index contributed by atoms with van der Waals surface area (Å²) in [4.78, 5) is 23.0. The summed E-state index contributed by atoms with van der Waals surface area (Å²) >= 11 is 0. The number of hydrogen-bond donors (Lipinski definition) is 1. The van der Waals surface area contributed by atoms with E-state index in [1.807, 2.05) is 6.92 Å². The van der Waals surface area contributed by atoms with Crippen LogP contribution in [0.3, 0.4) is 0 Å². The van der Waals surface area contributed by atoms with Crippen LogP contribution in [0.1, 0.15) is 43.5 Å². The maximum atomic E-state index is 13.8. The van der Waals surface area contributed by atoms with Gasteiger partial charge in [-0.1, -0.05) is 19.9 Å². The monoisotopic (exact) mass is 495 g/mol.